The van der Waals surface area contributed by atoms with Crippen molar-refractivity contribution in [2.45, 2.75) is 72.3 Å². The highest BCUT2D eigenvalue weighted by molar-refractivity contribution is 4.89. The zero-order chi connectivity index (χ0) is 13.8. The van der Waals surface area contributed by atoms with E-state index in [1.165, 1.54) is 32.1 Å². The van der Waals surface area contributed by atoms with Crippen LogP contribution in [0.25, 0.3) is 0 Å². The summed E-state index contributed by atoms with van der Waals surface area (Å²) in [7, 11) is 0. The van der Waals surface area contributed by atoms with Crippen molar-refractivity contribution < 1.29 is 5.11 Å². The van der Waals surface area contributed by atoms with Gasteiger partial charge >= 0.3 is 0 Å². The highest BCUT2D eigenvalue weighted by Gasteiger charge is 2.34. The standard InChI is InChI=1S/C16H33NO/c1-13(2)10-16(8-6-7-9-16)12-17-11-15(5,18)14(3)4/h13-14,17-18H,6-12H2,1-5H3. The van der Waals surface area contributed by atoms with Crippen LogP contribution < -0.4 is 5.32 Å². The van der Waals surface area contributed by atoms with E-state index in [-0.39, 0.29) is 0 Å². The van der Waals surface area contributed by atoms with Crippen LogP contribution in [0.1, 0.15) is 66.7 Å². The average Bonchev–Trinajstić information content (AvgIpc) is 2.65. The number of aliphatic hydroxyl groups is 1. The van der Waals surface area contributed by atoms with Gasteiger partial charge in [-0.3, -0.25) is 0 Å². The minimum atomic E-state index is -0.586. The molecule has 1 fully saturated rings. The highest BCUT2D eigenvalue weighted by Crippen LogP contribution is 2.42. The van der Waals surface area contributed by atoms with E-state index in [9.17, 15) is 5.11 Å². The normalized spacial score (nSPS) is 22.7. The van der Waals surface area contributed by atoms with Crippen LogP contribution in [0.4, 0.5) is 0 Å². The molecule has 1 atom stereocenters. The maximum atomic E-state index is 10.3. The number of rotatable bonds is 7. The van der Waals surface area contributed by atoms with Crippen LogP contribution in [0.2, 0.25) is 0 Å². The van der Waals surface area contributed by atoms with Gasteiger partial charge in [-0.2, -0.15) is 0 Å². The Morgan fingerprint density at radius 1 is 1.17 bits per heavy atom. The van der Waals surface area contributed by atoms with Crippen LogP contribution in [0, 0.1) is 17.3 Å². The monoisotopic (exact) mass is 255 g/mol. The molecule has 0 aromatic rings. The lowest BCUT2D eigenvalue weighted by atomic mass is 9.78. The van der Waals surface area contributed by atoms with Crippen LogP contribution in [-0.4, -0.2) is 23.8 Å². The highest BCUT2D eigenvalue weighted by atomic mass is 16.3. The second-order valence-electron chi connectivity index (χ2n) is 7.42. The van der Waals surface area contributed by atoms with E-state index in [2.05, 4.69) is 33.0 Å². The molecule has 0 aromatic carbocycles. The first kappa shape index (κ1) is 16.0. The molecule has 108 valence electrons. The van der Waals surface area contributed by atoms with Gasteiger partial charge in [-0.15, -0.1) is 0 Å². The summed E-state index contributed by atoms with van der Waals surface area (Å²) >= 11 is 0. The van der Waals surface area contributed by atoms with Gasteiger partial charge < -0.3 is 10.4 Å². The molecule has 18 heavy (non-hydrogen) atoms. The van der Waals surface area contributed by atoms with Crippen molar-refractivity contribution in [3.8, 4) is 0 Å². The van der Waals surface area contributed by atoms with Crippen LogP contribution in [0.5, 0.6) is 0 Å². The summed E-state index contributed by atoms with van der Waals surface area (Å²) < 4.78 is 0. The first-order valence-corrected chi connectivity index (χ1v) is 7.70. The molecule has 0 amide bonds. The van der Waals surface area contributed by atoms with Gasteiger partial charge in [0.15, 0.2) is 0 Å². The van der Waals surface area contributed by atoms with E-state index in [0.29, 0.717) is 17.9 Å². The Kier molecular flexibility index (Phi) is 5.67. The zero-order valence-corrected chi connectivity index (χ0v) is 13.1. The van der Waals surface area contributed by atoms with Crippen molar-refractivity contribution in [2.24, 2.45) is 17.3 Å². The van der Waals surface area contributed by atoms with Crippen molar-refractivity contribution in [1.82, 2.24) is 5.32 Å². The maximum Gasteiger partial charge on any atom is 0.0766 e. The molecular formula is C16H33NO. The molecule has 1 saturated carbocycles. The summed E-state index contributed by atoms with van der Waals surface area (Å²) in [6.07, 6.45) is 6.82. The van der Waals surface area contributed by atoms with Crippen molar-refractivity contribution in [3.63, 3.8) is 0 Å². The molecule has 0 heterocycles. The largest absolute Gasteiger partial charge is 0.389 e. The van der Waals surface area contributed by atoms with Crippen molar-refractivity contribution in [2.75, 3.05) is 13.1 Å². The number of nitrogens with one attached hydrogen (secondary N) is 1. The zero-order valence-electron chi connectivity index (χ0n) is 13.1. The summed E-state index contributed by atoms with van der Waals surface area (Å²) in [6.45, 7) is 12.5. The Morgan fingerprint density at radius 2 is 1.72 bits per heavy atom. The van der Waals surface area contributed by atoms with E-state index >= 15 is 0 Å². The Bertz CT molecular complexity index is 239. The maximum absolute atomic E-state index is 10.3. The molecule has 0 aliphatic heterocycles. The Morgan fingerprint density at radius 3 is 2.17 bits per heavy atom. The minimum absolute atomic E-state index is 0.301. The molecule has 2 N–H and O–H groups in total. The van der Waals surface area contributed by atoms with Crippen molar-refractivity contribution >= 4 is 0 Å². The SMILES string of the molecule is CC(C)CC1(CNCC(C)(O)C(C)C)CCCC1. The molecule has 0 aromatic heterocycles. The van der Waals surface area contributed by atoms with Crippen LogP contribution in [0.3, 0.4) is 0 Å². The first-order valence-electron chi connectivity index (χ1n) is 7.70. The summed E-state index contributed by atoms with van der Waals surface area (Å²) in [5.41, 5.74) is -0.0845. The predicted molar refractivity (Wildman–Crippen MR) is 78.7 cm³/mol. The van der Waals surface area contributed by atoms with Gasteiger partial charge in [0.05, 0.1) is 5.60 Å². The molecule has 1 unspecified atom stereocenters. The molecule has 0 spiro atoms. The van der Waals surface area contributed by atoms with Gasteiger partial charge in [-0.25, -0.2) is 0 Å². The minimum Gasteiger partial charge on any atom is -0.389 e. The Hall–Kier alpha value is -0.0800. The third-order valence-corrected chi connectivity index (χ3v) is 4.73. The summed E-state index contributed by atoms with van der Waals surface area (Å²) in [6, 6.07) is 0. The van der Waals surface area contributed by atoms with Crippen LogP contribution >= 0.6 is 0 Å². The Labute approximate surface area is 114 Å². The molecule has 2 nitrogen and oxygen atoms in total. The van der Waals surface area contributed by atoms with Gasteiger partial charge in [0.1, 0.15) is 0 Å². The molecular weight excluding hydrogens is 222 g/mol. The van der Waals surface area contributed by atoms with Gasteiger partial charge in [0.2, 0.25) is 0 Å². The predicted octanol–water partition coefficient (Wildman–Crippen LogP) is 3.59. The van der Waals surface area contributed by atoms with Crippen LogP contribution in [-0.2, 0) is 0 Å². The number of hydrogen-bond donors (Lipinski definition) is 2. The van der Waals surface area contributed by atoms with E-state index in [1.807, 2.05) is 6.92 Å². The third-order valence-electron chi connectivity index (χ3n) is 4.73. The van der Waals surface area contributed by atoms with Crippen LogP contribution in [0.15, 0.2) is 0 Å². The quantitative estimate of drug-likeness (QED) is 0.728. The topological polar surface area (TPSA) is 32.3 Å². The molecule has 0 saturated heterocycles. The first-order chi connectivity index (χ1) is 8.27. The van der Waals surface area contributed by atoms with Crippen molar-refractivity contribution in [1.29, 1.82) is 0 Å². The Balaban J connectivity index is 2.44. The summed E-state index contributed by atoms with van der Waals surface area (Å²) in [4.78, 5) is 0. The fourth-order valence-electron chi connectivity index (χ4n) is 3.23. The lowest BCUT2D eigenvalue weighted by Gasteiger charge is -2.34. The number of hydrogen-bond acceptors (Lipinski definition) is 2. The van der Waals surface area contributed by atoms with Crippen molar-refractivity contribution in [3.05, 3.63) is 0 Å². The van der Waals surface area contributed by atoms with E-state index in [0.717, 1.165) is 12.5 Å². The molecule has 1 aliphatic rings. The van der Waals surface area contributed by atoms with E-state index in [4.69, 9.17) is 0 Å². The smallest absolute Gasteiger partial charge is 0.0766 e. The van der Waals surface area contributed by atoms with E-state index in [1.54, 1.807) is 0 Å². The average molecular weight is 255 g/mol. The third kappa shape index (κ3) is 4.55. The molecule has 0 bridgehead atoms. The van der Waals surface area contributed by atoms with Gasteiger partial charge in [-0.1, -0.05) is 40.5 Å². The summed E-state index contributed by atoms with van der Waals surface area (Å²) in [5.74, 6) is 1.07. The fraction of sp³-hybridized carbons (Fsp3) is 1.00. The van der Waals surface area contributed by atoms with Gasteiger partial charge in [0.25, 0.3) is 0 Å². The van der Waals surface area contributed by atoms with Gasteiger partial charge in [-0.05, 0) is 43.4 Å². The lowest BCUT2D eigenvalue weighted by molar-refractivity contribution is 0.0113. The summed E-state index contributed by atoms with van der Waals surface area (Å²) in [5, 5.41) is 13.8. The second kappa shape index (κ2) is 6.38. The fourth-order valence-corrected chi connectivity index (χ4v) is 3.23. The molecule has 2 heteroatoms. The molecule has 1 rings (SSSR count). The molecule has 1 aliphatic carbocycles. The van der Waals surface area contributed by atoms with Gasteiger partial charge in [0, 0.05) is 13.1 Å². The second-order valence-corrected chi connectivity index (χ2v) is 7.42. The lowest BCUT2D eigenvalue weighted by Crippen LogP contribution is -2.45. The molecule has 0 radical (unpaired) electrons. The van der Waals surface area contributed by atoms with E-state index < -0.39 is 5.60 Å².